The van der Waals surface area contributed by atoms with Crippen LogP contribution < -0.4 is 5.32 Å². The second-order valence-corrected chi connectivity index (χ2v) is 26.1. The molecule has 84 heavy (non-hydrogen) atoms. The first-order chi connectivity index (χ1) is 41.3. The van der Waals surface area contributed by atoms with Gasteiger partial charge in [-0.05, 0) is 57.8 Å². The van der Waals surface area contributed by atoms with E-state index in [0.717, 1.165) is 38.5 Å². The monoisotopic (exact) mass is 1190 g/mol. The molecule has 7 unspecified atom stereocenters. The lowest BCUT2D eigenvalue weighted by Crippen LogP contribution is -2.60. The van der Waals surface area contributed by atoms with Crippen LogP contribution in [0.15, 0.2) is 36.5 Å². The summed E-state index contributed by atoms with van der Waals surface area (Å²) in [7, 11) is 0. The van der Waals surface area contributed by atoms with Crippen molar-refractivity contribution in [1.82, 2.24) is 5.32 Å². The van der Waals surface area contributed by atoms with Gasteiger partial charge in [-0.15, -0.1) is 0 Å². The Bertz CT molecular complexity index is 1420. The predicted octanol–water partition coefficient (Wildman–Crippen LogP) is 20.6. The Balaban J connectivity index is 2.04. The molecular formula is C75H143NO8. The quantitative estimate of drug-likeness (QED) is 0.0261. The van der Waals surface area contributed by atoms with Crippen molar-refractivity contribution in [2.75, 3.05) is 13.2 Å². The van der Waals surface area contributed by atoms with E-state index in [0.29, 0.717) is 6.42 Å². The summed E-state index contributed by atoms with van der Waals surface area (Å²) in [6, 6.07) is -0.821. The molecule has 0 saturated carbocycles. The van der Waals surface area contributed by atoms with Crippen LogP contribution in [0.1, 0.15) is 380 Å². The van der Waals surface area contributed by atoms with Gasteiger partial charge in [-0.2, -0.15) is 0 Å². The van der Waals surface area contributed by atoms with E-state index < -0.39 is 49.5 Å². The average molecular weight is 1190 g/mol. The van der Waals surface area contributed by atoms with Crippen molar-refractivity contribution in [3.8, 4) is 0 Å². The van der Waals surface area contributed by atoms with Gasteiger partial charge in [0.15, 0.2) is 6.29 Å². The molecule has 6 N–H and O–H groups in total. The van der Waals surface area contributed by atoms with Crippen LogP contribution >= 0.6 is 0 Å². The van der Waals surface area contributed by atoms with E-state index in [-0.39, 0.29) is 12.5 Å². The third-order valence-corrected chi connectivity index (χ3v) is 17.9. The van der Waals surface area contributed by atoms with Gasteiger partial charge in [0.25, 0.3) is 0 Å². The topological polar surface area (TPSA) is 149 Å². The molecule has 0 aromatic heterocycles. The molecule has 1 aliphatic rings. The van der Waals surface area contributed by atoms with Crippen LogP contribution in [-0.2, 0) is 14.3 Å². The lowest BCUT2D eigenvalue weighted by molar-refractivity contribution is -0.302. The smallest absolute Gasteiger partial charge is 0.220 e. The first-order valence-electron chi connectivity index (χ1n) is 37.2. The number of aliphatic hydroxyl groups is 5. The first kappa shape index (κ1) is 80.4. The van der Waals surface area contributed by atoms with E-state index in [1.165, 1.54) is 321 Å². The molecule has 7 atom stereocenters. The van der Waals surface area contributed by atoms with Gasteiger partial charge >= 0.3 is 0 Å². The predicted molar refractivity (Wildman–Crippen MR) is 360 cm³/mol. The largest absolute Gasteiger partial charge is 0.394 e. The third-order valence-electron chi connectivity index (χ3n) is 17.9. The van der Waals surface area contributed by atoms with E-state index >= 15 is 0 Å². The SMILES string of the molecule is CCCCCCCCCC/C=C\CCCCCCCCCCCCCCCCCCCCCCCCCCCCCCCC(=O)NC(COC1OC(CO)C(O)C(O)C1O)C(O)/C=C/CC/C=C/CCCCCCCCCCCCCCCC. The fourth-order valence-corrected chi connectivity index (χ4v) is 12.1. The van der Waals surface area contributed by atoms with E-state index in [1.807, 2.05) is 6.08 Å². The summed E-state index contributed by atoms with van der Waals surface area (Å²) in [4.78, 5) is 13.1. The molecule has 1 aliphatic heterocycles. The summed E-state index contributed by atoms with van der Waals surface area (Å²) in [6.07, 6.45) is 80.1. The van der Waals surface area contributed by atoms with Gasteiger partial charge in [-0.1, -0.05) is 352 Å². The number of carbonyl (C=O) groups is 1. The number of hydrogen-bond donors (Lipinski definition) is 6. The molecule has 0 aromatic carbocycles. The van der Waals surface area contributed by atoms with Crippen LogP contribution in [0.3, 0.4) is 0 Å². The number of unbranched alkanes of at least 4 members (excludes halogenated alkanes) is 52. The highest BCUT2D eigenvalue weighted by molar-refractivity contribution is 5.76. The van der Waals surface area contributed by atoms with Crippen molar-refractivity contribution in [1.29, 1.82) is 0 Å². The van der Waals surface area contributed by atoms with Crippen LogP contribution in [0.4, 0.5) is 0 Å². The highest BCUT2D eigenvalue weighted by atomic mass is 16.7. The second-order valence-electron chi connectivity index (χ2n) is 26.1. The van der Waals surface area contributed by atoms with Gasteiger partial charge in [-0.25, -0.2) is 0 Å². The molecule has 9 nitrogen and oxygen atoms in total. The van der Waals surface area contributed by atoms with Crippen molar-refractivity contribution in [2.45, 2.75) is 423 Å². The Kier molecular flexibility index (Phi) is 61.7. The molecule has 0 bridgehead atoms. The van der Waals surface area contributed by atoms with E-state index in [2.05, 4.69) is 43.5 Å². The minimum atomic E-state index is -1.57. The number of ether oxygens (including phenoxy) is 2. The zero-order valence-electron chi connectivity index (χ0n) is 55.7. The Morgan fingerprint density at radius 3 is 1.00 bits per heavy atom. The number of carbonyl (C=O) groups excluding carboxylic acids is 1. The molecule has 0 spiro atoms. The van der Waals surface area contributed by atoms with Crippen LogP contribution in [0.2, 0.25) is 0 Å². The van der Waals surface area contributed by atoms with Crippen molar-refractivity contribution in [2.24, 2.45) is 0 Å². The molecule has 0 aliphatic carbocycles. The summed E-state index contributed by atoms with van der Waals surface area (Å²) < 4.78 is 11.3. The van der Waals surface area contributed by atoms with Crippen molar-refractivity contribution in [3.05, 3.63) is 36.5 Å². The maximum atomic E-state index is 13.1. The molecule has 0 aromatic rings. The Morgan fingerprint density at radius 1 is 0.393 bits per heavy atom. The molecule has 496 valence electrons. The highest BCUT2D eigenvalue weighted by Crippen LogP contribution is 2.24. The molecule has 1 rings (SSSR count). The van der Waals surface area contributed by atoms with Crippen molar-refractivity contribution in [3.63, 3.8) is 0 Å². The van der Waals surface area contributed by atoms with Gasteiger partial charge in [-0.3, -0.25) is 4.79 Å². The van der Waals surface area contributed by atoms with Gasteiger partial charge in [0.1, 0.15) is 24.4 Å². The number of nitrogens with one attached hydrogen (secondary N) is 1. The van der Waals surface area contributed by atoms with Crippen LogP contribution in [0.25, 0.3) is 0 Å². The van der Waals surface area contributed by atoms with Gasteiger partial charge in [0.05, 0.1) is 25.4 Å². The lowest BCUT2D eigenvalue weighted by atomic mass is 9.99. The Morgan fingerprint density at radius 2 is 0.679 bits per heavy atom. The number of aliphatic hydroxyl groups excluding tert-OH is 5. The first-order valence-corrected chi connectivity index (χ1v) is 37.2. The fraction of sp³-hybridized carbons (Fsp3) is 0.907. The Hall–Kier alpha value is -1.59. The standard InChI is InChI=1S/C75H143NO8/c1-3-5-7-9-11-13-15-17-19-21-23-25-26-27-28-29-30-31-32-33-34-35-36-37-38-39-40-41-42-43-44-45-47-49-51-53-55-57-59-61-63-65-71(79)76-68(67-83-75-74(82)73(81)72(80)70(66-77)84-75)69(78)64-62-60-58-56-54-52-50-48-46-24-22-20-18-16-14-12-10-8-6-4-2/h21,23,54,56,62,64,68-70,72-75,77-78,80-82H,3-20,22,24-53,55,57-61,63,65-67H2,1-2H3,(H,76,79)/b23-21-,56-54+,64-62+. The van der Waals surface area contributed by atoms with Crippen molar-refractivity contribution < 1.29 is 39.8 Å². The highest BCUT2D eigenvalue weighted by Gasteiger charge is 2.44. The molecule has 1 heterocycles. The fourth-order valence-electron chi connectivity index (χ4n) is 12.1. The van der Waals surface area contributed by atoms with E-state index in [1.54, 1.807) is 6.08 Å². The van der Waals surface area contributed by atoms with Gasteiger partial charge in [0.2, 0.25) is 5.91 Å². The van der Waals surface area contributed by atoms with Crippen LogP contribution in [0, 0.1) is 0 Å². The number of allylic oxidation sites excluding steroid dienone is 5. The van der Waals surface area contributed by atoms with Crippen molar-refractivity contribution >= 4 is 5.91 Å². The maximum absolute atomic E-state index is 13.1. The van der Waals surface area contributed by atoms with E-state index in [4.69, 9.17) is 9.47 Å². The zero-order valence-corrected chi connectivity index (χ0v) is 55.7. The molecule has 1 fully saturated rings. The number of amides is 1. The average Bonchev–Trinajstić information content (AvgIpc) is 3.70. The zero-order chi connectivity index (χ0) is 60.7. The summed E-state index contributed by atoms with van der Waals surface area (Å²) in [5.41, 5.74) is 0. The number of rotatable bonds is 66. The summed E-state index contributed by atoms with van der Waals surface area (Å²) in [6.45, 7) is 3.81. The minimum absolute atomic E-state index is 0.179. The number of hydrogen-bond acceptors (Lipinski definition) is 8. The molecule has 1 saturated heterocycles. The molecular weight excluding hydrogens is 1040 g/mol. The molecule has 1 amide bonds. The lowest BCUT2D eigenvalue weighted by Gasteiger charge is -2.40. The van der Waals surface area contributed by atoms with Gasteiger partial charge in [0, 0.05) is 6.42 Å². The third kappa shape index (κ3) is 52.4. The summed E-state index contributed by atoms with van der Waals surface area (Å²) >= 11 is 0. The van der Waals surface area contributed by atoms with E-state index in [9.17, 15) is 30.3 Å². The van der Waals surface area contributed by atoms with Gasteiger partial charge < -0.3 is 40.3 Å². The molecule has 9 heteroatoms. The summed E-state index contributed by atoms with van der Waals surface area (Å²) in [5.74, 6) is -0.179. The molecule has 0 radical (unpaired) electrons. The van der Waals surface area contributed by atoms with Crippen LogP contribution in [-0.4, -0.2) is 87.5 Å². The normalized spacial score (nSPS) is 18.3. The summed E-state index contributed by atoms with van der Waals surface area (Å²) in [5, 5.41) is 54.7. The second kappa shape index (κ2) is 64.4. The van der Waals surface area contributed by atoms with Crippen LogP contribution in [0.5, 0.6) is 0 Å². The minimum Gasteiger partial charge on any atom is -0.394 e. The maximum Gasteiger partial charge on any atom is 0.220 e. The Labute approximate surface area is 521 Å².